The lowest BCUT2D eigenvalue weighted by Gasteiger charge is -2.06. The first-order chi connectivity index (χ1) is 8.38. The van der Waals surface area contributed by atoms with Gasteiger partial charge in [-0.2, -0.15) is 0 Å². The predicted molar refractivity (Wildman–Crippen MR) is 72.1 cm³/mol. The largest absolute Gasteiger partial charge is 0.326 e. The standard InChI is InChI=1S/C14H16N2S/c15-9-10-5-1-2-6-11(10)14-16-12-7-3-4-8-13(12)17-14/h1-2,5-6H,3-4,7-9,15H2. The number of aryl methyl sites for hydroxylation is 2. The maximum absolute atomic E-state index is 5.79. The van der Waals surface area contributed by atoms with Crippen molar-refractivity contribution in [2.75, 3.05) is 0 Å². The summed E-state index contributed by atoms with van der Waals surface area (Å²) in [5, 5.41) is 1.15. The smallest absolute Gasteiger partial charge is 0.124 e. The first-order valence-electron chi connectivity index (χ1n) is 6.15. The Morgan fingerprint density at radius 1 is 1.18 bits per heavy atom. The van der Waals surface area contributed by atoms with Crippen molar-refractivity contribution in [3.63, 3.8) is 0 Å². The minimum absolute atomic E-state index is 0.584. The summed E-state index contributed by atoms with van der Waals surface area (Å²) < 4.78 is 0. The molecule has 0 amide bonds. The normalized spacial score (nSPS) is 14.6. The molecule has 1 aliphatic rings. The van der Waals surface area contributed by atoms with Gasteiger partial charge < -0.3 is 5.73 Å². The Labute approximate surface area is 106 Å². The number of nitrogens with two attached hydrogens (primary N) is 1. The third-order valence-corrected chi connectivity index (χ3v) is 4.50. The van der Waals surface area contributed by atoms with Crippen molar-refractivity contribution in [1.82, 2.24) is 4.98 Å². The Bertz CT molecular complexity index is 507. The molecule has 0 saturated carbocycles. The van der Waals surface area contributed by atoms with Crippen LogP contribution in [0.1, 0.15) is 29.0 Å². The van der Waals surface area contributed by atoms with E-state index in [2.05, 4.69) is 18.2 Å². The second kappa shape index (κ2) is 4.59. The maximum atomic E-state index is 5.79. The van der Waals surface area contributed by atoms with E-state index in [1.165, 1.54) is 41.0 Å². The van der Waals surface area contributed by atoms with Gasteiger partial charge in [0.25, 0.3) is 0 Å². The van der Waals surface area contributed by atoms with E-state index in [1.54, 1.807) is 0 Å². The lowest BCUT2D eigenvalue weighted by Crippen LogP contribution is -1.99. The molecule has 88 valence electrons. The van der Waals surface area contributed by atoms with Gasteiger partial charge in [0, 0.05) is 17.0 Å². The minimum Gasteiger partial charge on any atom is -0.326 e. The van der Waals surface area contributed by atoms with E-state index in [-0.39, 0.29) is 0 Å². The highest BCUT2D eigenvalue weighted by molar-refractivity contribution is 7.15. The van der Waals surface area contributed by atoms with Gasteiger partial charge in [0.1, 0.15) is 5.01 Å². The number of thiazole rings is 1. The topological polar surface area (TPSA) is 38.9 Å². The first kappa shape index (κ1) is 10.9. The fraction of sp³-hybridized carbons (Fsp3) is 0.357. The number of nitrogens with zero attached hydrogens (tertiary/aromatic N) is 1. The van der Waals surface area contributed by atoms with E-state index in [9.17, 15) is 0 Å². The van der Waals surface area contributed by atoms with E-state index < -0.39 is 0 Å². The highest BCUT2D eigenvalue weighted by Crippen LogP contribution is 2.33. The summed E-state index contributed by atoms with van der Waals surface area (Å²) in [6.07, 6.45) is 4.95. The van der Waals surface area contributed by atoms with Gasteiger partial charge in [0.15, 0.2) is 0 Å². The van der Waals surface area contributed by atoms with Crippen molar-refractivity contribution in [2.24, 2.45) is 5.73 Å². The average molecular weight is 244 g/mol. The van der Waals surface area contributed by atoms with E-state index >= 15 is 0 Å². The van der Waals surface area contributed by atoms with Crippen LogP contribution in [0.3, 0.4) is 0 Å². The molecule has 0 unspecified atom stereocenters. The summed E-state index contributed by atoms with van der Waals surface area (Å²) >= 11 is 1.85. The van der Waals surface area contributed by atoms with Crippen molar-refractivity contribution >= 4 is 11.3 Å². The average Bonchev–Trinajstić information content (AvgIpc) is 2.82. The van der Waals surface area contributed by atoms with Gasteiger partial charge in [0.05, 0.1) is 5.69 Å². The lowest BCUT2D eigenvalue weighted by molar-refractivity contribution is 0.682. The Kier molecular flexibility index (Phi) is 2.95. The van der Waals surface area contributed by atoms with E-state index in [1.807, 2.05) is 17.4 Å². The summed E-state index contributed by atoms with van der Waals surface area (Å²) in [5.41, 5.74) is 9.52. The van der Waals surface area contributed by atoms with Crippen LogP contribution >= 0.6 is 11.3 Å². The number of hydrogen-bond acceptors (Lipinski definition) is 3. The van der Waals surface area contributed by atoms with Crippen LogP contribution < -0.4 is 5.73 Å². The SMILES string of the molecule is NCc1ccccc1-c1nc2c(s1)CCCC2. The molecule has 0 saturated heterocycles. The van der Waals surface area contributed by atoms with Crippen molar-refractivity contribution < 1.29 is 0 Å². The summed E-state index contributed by atoms with van der Waals surface area (Å²) in [5.74, 6) is 0. The van der Waals surface area contributed by atoms with E-state index in [0.717, 1.165) is 11.4 Å². The van der Waals surface area contributed by atoms with Gasteiger partial charge in [-0.05, 0) is 31.2 Å². The number of benzene rings is 1. The zero-order chi connectivity index (χ0) is 11.7. The van der Waals surface area contributed by atoms with Gasteiger partial charge in [-0.25, -0.2) is 4.98 Å². The summed E-state index contributed by atoms with van der Waals surface area (Å²) in [6.45, 7) is 0.584. The molecule has 1 aromatic heterocycles. The first-order valence-corrected chi connectivity index (χ1v) is 6.97. The third kappa shape index (κ3) is 2.01. The molecule has 1 aliphatic carbocycles. The molecule has 0 atom stereocenters. The molecule has 17 heavy (non-hydrogen) atoms. The van der Waals surface area contributed by atoms with Crippen LogP contribution in [-0.2, 0) is 19.4 Å². The van der Waals surface area contributed by atoms with Crippen molar-refractivity contribution in [3.8, 4) is 10.6 Å². The fourth-order valence-corrected chi connectivity index (χ4v) is 3.58. The fourth-order valence-electron chi connectivity index (χ4n) is 2.37. The zero-order valence-corrected chi connectivity index (χ0v) is 10.6. The predicted octanol–water partition coefficient (Wildman–Crippen LogP) is 3.15. The lowest BCUT2D eigenvalue weighted by atomic mass is 10.0. The van der Waals surface area contributed by atoms with Gasteiger partial charge >= 0.3 is 0 Å². The quantitative estimate of drug-likeness (QED) is 0.881. The summed E-state index contributed by atoms with van der Waals surface area (Å²) in [7, 11) is 0. The molecule has 3 heteroatoms. The van der Waals surface area contributed by atoms with Gasteiger partial charge in [0.2, 0.25) is 0 Å². The maximum Gasteiger partial charge on any atom is 0.124 e. The van der Waals surface area contributed by atoms with Crippen LogP contribution in [0.15, 0.2) is 24.3 Å². The molecular formula is C14H16N2S. The van der Waals surface area contributed by atoms with E-state index in [4.69, 9.17) is 10.7 Å². The molecule has 2 nitrogen and oxygen atoms in total. The highest BCUT2D eigenvalue weighted by Gasteiger charge is 2.16. The number of fused-ring (bicyclic) bond motifs is 1. The minimum atomic E-state index is 0.584. The molecule has 3 rings (SSSR count). The Morgan fingerprint density at radius 3 is 2.82 bits per heavy atom. The molecule has 2 N–H and O–H groups in total. The van der Waals surface area contributed by atoms with Crippen LogP contribution in [0.4, 0.5) is 0 Å². The molecule has 0 spiro atoms. The second-order valence-corrected chi connectivity index (χ2v) is 5.54. The molecule has 0 bridgehead atoms. The molecule has 1 heterocycles. The monoisotopic (exact) mass is 244 g/mol. The van der Waals surface area contributed by atoms with Gasteiger partial charge in [-0.3, -0.25) is 0 Å². The second-order valence-electron chi connectivity index (χ2n) is 4.46. The van der Waals surface area contributed by atoms with Crippen LogP contribution in [0.5, 0.6) is 0 Å². The molecule has 2 aromatic rings. The number of aromatic nitrogens is 1. The summed E-state index contributed by atoms with van der Waals surface area (Å²) in [4.78, 5) is 6.28. The van der Waals surface area contributed by atoms with Crippen molar-refractivity contribution in [3.05, 3.63) is 40.4 Å². The molecule has 0 aliphatic heterocycles. The molecule has 0 fully saturated rings. The zero-order valence-electron chi connectivity index (χ0n) is 9.78. The Morgan fingerprint density at radius 2 is 2.00 bits per heavy atom. The van der Waals surface area contributed by atoms with Gasteiger partial charge in [-0.15, -0.1) is 11.3 Å². The number of hydrogen-bond donors (Lipinski definition) is 1. The molecule has 1 aromatic carbocycles. The van der Waals surface area contributed by atoms with Gasteiger partial charge in [-0.1, -0.05) is 24.3 Å². The van der Waals surface area contributed by atoms with Crippen LogP contribution in [-0.4, -0.2) is 4.98 Å². The van der Waals surface area contributed by atoms with Crippen LogP contribution in [0, 0.1) is 0 Å². The molecular weight excluding hydrogens is 228 g/mol. The van der Waals surface area contributed by atoms with Crippen molar-refractivity contribution in [2.45, 2.75) is 32.2 Å². The third-order valence-electron chi connectivity index (χ3n) is 3.31. The van der Waals surface area contributed by atoms with E-state index in [0.29, 0.717) is 6.54 Å². The summed E-state index contributed by atoms with van der Waals surface area (Å²) in [6, 6.07) is 8.33. The Balaban J connectivity index is 2.06. The highest BCUT2D eigenvalue weighted by atomic mass is 32.1. The Hall–Kier alpha value is -1.19. The van der Waals surface area contributed by atoms with Crippen molar-refractivity contribution in [1.29, 1.82) is 0 Å². The van der Waals surface area contributed by atoms with Crippen LogP contribution in [0.2, 0.25) is 0 Å². The molecule has 0 radical (unpaired) electrons. The van der Waals surface area contributed by atoms with Crippen LogP contribution in [0.25, 0.3) is 10.6 Å². The number of rotatable bonds is 2.